The number of carbonyl (C=O) groups is 1. The van der Waals surface area contributed by atoms with E-state index in [1.165, 1.54) is 11.3 Å². The molecular weight excluding hydrogens is 298 g/mol. The highest BCUT2D eigenvalue weighted by Crippen LogP contribution is 2.31. The first kappa shape index (κ1) is 13.5. The monoisotopic (exact) mass is 309 g/mol. The molecule has 0 bridgehead atoms. The number of amides is 1. The van der Waals surface area contributed by atoms with Crippen molar-refractivity contribution in [3.63, 3.8) is 0 Å². The van der Waals surface area contributed by atoms with Gasteiger partial charge in [0.2, 0.25) is 5.13 Å². The summed E-state index contributed by atoms with van der Waals surface area (Å²) in [6.45, 7) is 0.761. The normalized spacial score (nSPS) is 18.1. The predicted octanol–water partition coefficient (Wildman–Crippen LogP) is 3.30. The number of nitrogens with one attached hydrogen (secondary N) is 1. The van der Waals surface area contributed by atoms with E-state index in [4.69, 9.17) is 16.3 Å². The van der Waals surface area contributed by atoms with Crippen molar-refractivity contribution in [3.8, 4) is 0 Å². The molecule has 20 heavy (non-hydrogen) atoms. The Morgan fingerprint density at radius 3 is 2.85 bits per heavy atom. The van der Waals surface area contributed by atoms with Crippen molar-refractivity contribution >= 4 is 34.0 Å². The molecule has 0 radical (unpaired) electrons. The molecule has 2 heterocycles. The third kappa shape index (κ3) is 2.98. The largest absolute Gasteiger partial charge is 0.371 e. The maximum absolute atomic E-state index is 12.0. The zero-order valence-electron chi connectivity index (χ0n) is 10.5. The molecule has 2 aromatic rings. The van der Waals surface area contributed by atoms with Crippen LogP contribution < -0.4 is 5.32 Å². The molecule has 3 rings (SSSR count). The number of aromatic nitrogens is 2. The minimum atomic E-state index is -0.225. The van der Waals surface area contributed by atoms with Gasteiger partial charge in [-0.05, 0) is 37.1 Å². The van der Waals surface area contributed by atoms with Gasteiger partial charge in [0.25, 0.3) is 5.91 Å². The molecule has 0 spiro atoms. The van der Waals surface area contributed by atoms with Crippen molar-refractivity contribution < 1.29 is 9.53 Å². The topological polar surface area (TPSA) is 64.1 Å². The van der Waals surface area contributed by atoms with Crippen LogP contribution in [-0.4, -0.2) is 22.7 Å². The number of halogens is 1. The lowest BCUT2D eigenvalue weighted by atomic mass is 10.2. The van der Waals surface area contributed by atoms with Gasteiger partial charge in [0.1, 0.15) is 11.1 Å². The fourth-order valence-electron chi connectivity index (χ4n) is 1.96. The molecule has 104 valence electrons. The van der Waals surface area contributed by atoms with Crippen LogP contribution in [0.4, 0.5) is 5.13 Å². The standard InChI is InChI=1S/C13H12ClN3O2S/c14-9-5-3-8(4-6-9)11(18)15-13-17-16-12(20-13)10-2-1-7-19-10/h3-6,10H,1-2,7H2,(H,15,17,18). The van der Waals surface area contributed by atoms with Crippen LogP contribution in [0.25, 0.3) is 0 Å². The van der Waals surface area contributed by atoms with E-state index in [0.717, 1.165) is 24.5 Å². The van der Waals surface area contributed by atoms with Crippen molar-refractivity contribution in [2.45, 2.75) is 18.9 Å². The minimum absolute atomic E-state index is 0.0219. The Hall–Kier alpha value is -1.50. The van der Waals surface area contributed by atoms with Gasteiger partial charge in [0, 0.05) is 17.2 Å². The van der Waals surface area contributed by atoms with E-state index >= 15 is 0 Å². The van der Waals surface area contributed by atoms with Gasteiger partial charge in [0.15, 0.2) is 0 Å². The summed E-state index contributed by atoms with van der Waals surface area (Å²) in [4.78, 5) is 12.0. The lowest BCUT2D eigenvalue weighted by molar-refractivity contribution is 0.102. The summed E-state index contributed by atoms with van der Waals surface area (Å²) in [5, 5.41) is 12.7. The fraction of sp³-hybridized carbons (Fsp3) is 0.308. The van der Waals surface area contributed by atoms with E-state index in [0.29, 0.717) is 15.7 Å². The molecule has 1 saturated heterocycles. The van der Waals surface area contributed by atoms with E-state index in [1.807, 2.05) is 0 Å². The Morgan fingerprint density at radius 1 is 1.35 bits per heavy atom. The van der Waals surface area contributed by atoms with Crippen molar-refractivity contribution in [1.29, 1.82) is 0 Å². The summed E-state index contributed by atoms with van der Waals surface area (Å²) in [5.41, 5.74) is 0.531. The molecule has 7 heteroatoms. The molecular formula is C13H12ClN3O2S. The van der Waals surface area contributed by atoms with Gasteiger partial charge in [-0.2, -0.15) is 0 Å². The van der Waals surface area contributed by atoms with Crippen LogP contribution in [0.15, 0.2) is 24.3 Å². The maximum atomic E-state index is 12.0. The Bertz CT molecular complexity index is 608. The van der Waals surface area contributed by atoms with E-state index in [9.17, 15) is 4.79 Å². The third-order valence-electron chi connectivity index (χ3n) is 2.97. The van der Waals surface area contributed by atoms with Crippen molar-refractivity contribution in [2.24, 2.45) is 0 Å². The number of hydrogen-bond acceptors (Lipinski definition) is 5. The van der Waals surface area contributed by atoms with Gasteiger partial charge < -0.3 is 4.74 Å². The summed E-state index contributed by atoms with van der Waals surface area (Å²) in [6.07, 6.45) is 2.02. The lowest BCUT2D eigenvalue weighted by Gasteiger charge is -2.02. The number of anilines is 1. The molecule has 0 aliphatic carbocycles. The van der Waals surface area contributed by atoms with Gasteiger partial charge in [-0.3, -0.25) is 10.1 Å². The molecule has 1 atom stereocenters. The molecule has 1 aliphatic heterocycles. The summed E-state index contributed by atoms with van der Waals surface area (Å²) >= 11 is 7.14. The van der Waals surface area contributed by atoms with Crippen LogP contribution >= 0.6 is 22.9 Å². The predicted molar refractivity (Wildman–Crippen MR) is 77.2 cm³/mol. The lowest BCUT2D eigenvalue weighted by Crippen LogP contribution is -2.11. The molecule has 1 aliphatic rings. The summed E-state index contributed by atoms with van der Waals surface area (Å²) in [5.74, 6) is -0.225. The van der Waals surface area contributed by atoms with Crippen LogP contribution in [0.2, 0.25) is 5.02 Å². The molecule has 1 unspecified atom stereocenters. The highest BCUT2D eigenvalue weighted by atomic mass is 35.5. The minimum Gasteiger partial charge on any atom is -0.371 e. The number of nitrogens with zero attached hydrogens (tertiary/aromatic N) is 2. The van der Waals surface area contributed by atoms with Gasteiger partial charge >= 0.3 is 0 Å². The summed E-state index contributed by atoms with van der Waals surface area (Å²) < 4.78 is 5.54. The number of ether oxygens (including phenoxy) is 1. The number of benzene rings is 1. The Kier molecular flexibility index (Phi) is 3.95. The number of carbonyl (C=O) groups excluding carboxylic acids is 1. The second-order valence-electron chi connectivity index (χ2n) is 4.41. The molecule has 0 saturated carbocycles. The first-order valence-electron chi connectivity index (χ1n) is 6.24. The fourth-order valence-corrected chi connectivity index (χ4v) is 2.91. The molecule has 1 N–H and O–H groups in total. The average Bonchev–Trinajstić information content (AvgIpc) is 3.09. The Labute approximate surface area is 124 Å². The third-order valence-corrected chi connectivity index (χ3v) is 4.16. The van der Waals surface area contributed by atoms with E-state index in [2.05, 4.69) is 15.5 Å². The number of rotatable bonds is 3. The van der Waals surface area contributed by atoms with Crippen LogP contribution in [0.5, 0.6) is 0 Å². The molecule has 1 aromatic heterocycles. The Morgan fingerprint density at radius 2 is 2.15 bits per heavy atom. The SMILES string of the molecule is O=C(Nc1nnc(C2CCCO2)s1)c1ccc(Cl)cc1. The van der Waals surface area contributed by atoms with E-state index in [-0.39, 0.29) is 12.0 Å². The van der Waals surface area contributed by atoms with Gasteiger partial charge in [-0.1, -0.05) is 22.9 Å². The average molecular weight is 310 g/mol. The number of hydrogen-bond donors (Lipinski definition) is 1. The summed E-state index contributed by atoms with van der Waals surface area (Å²) in [6, 6.07) is 6.68. The Balaban J connectivity index is 1.68. The molecule has 1 fully saturated rings. The van der Waals surface area contributed by atoms with Crippen LogP contribution in [0, 0.1) is 0 Å². The van der Waals surface area contributed by atoms with Crippen molar-refractivity contribution in [1.82, 2.24) is 10.2 Å². The van der Waals surface area contributed by atoms with Gasteiger partial charge in [-0.25, -0.2) is 0 Å². The van der Waals surface area contributed by atoms with Crippen molar-refractivity contribution in [2.75, 3.05) is 11.9 Å². The van der Waals surface area contributed by atoms with Gasteiger partial charge in [-0.15, -0.1) is 10.2 Å². The molecule has 1 aromatic carbocycles. The van der Waals surface area contributed by atoms with Crippen LogP contribution in [-0.2, 0) is 4.74 Å². The maximum Gasteiger partial charge on any atom is 0.257 e. The second kappa shape index (κ2) is 5.87. The molecule has 1 amide bonds. The van der Waals surface area contributed by atoms with Crippen LogP contribution in [0.1, 0.15) is 34.3 Å². The van der Waals surface area contributed by atoms with Gasteiger partial charge in [0.05, 0.1) is 0 Å². The quantitative estimate of drug-likeness (QED) is 0.945. The first-order valence-corrected chi connectivity index (χ1v) is 7.44. The van der Waals surface area contributed by atoms with Crippen LogP contribution in [0.3, 0.4) is 0 Å². The van der Waals surface area contributed by atoms with Crippen molar-refractivity contribution in [3.05, 3.63) is 39.9 Å². The summed E-state index contributed by atoms with van der Waals surface area (Å²) in [7, 11) is 0. The zero-order chi connectivity index (χ0) is 13.9. The van der Waals surface area contributed by atoms with E-state index in [1.54, 1.807) is 24.3 Å². The highest BCUT2D eigenvalue weighted by Gasteiger charge is 2.22. The first-order chi connectivity index (χ1) is 9.72. The second-order valence-corrected chi connectivity index (χ2v) is 5.85. The molecule has 5 nitrogen and oxygen atoms in total. The van der Waals surface area contributed by atoms with E-state index < -0.39 is 0 Å². The smallest absolute Gasteiger partial charge is 0.257 e. The highest BCUT2D eigenvalue weighted by molar-refractivity contribution is 7.15. The zero-order valence-corrected chi connectivity index (χ0v) is 12.1.